The first-order valence-electron chi connectivity index (χ1n) is 8.10. The van der Waals surface area contributed by atoms with Crippen LogP contribution in [0.25, 0.3) is 0 Å². The van der Waals surface area contributed by atoms with Gasteiger partial charge in [0.1, 0.15) is 12.3 Å². The summed E-state index contributed by atoms with van der Waals surface area (Å²) >= 11 is 0. The van der Waals surface area contributed by atoms with Crippen LogP contribution in [0.1, 0.15) is 40.8 Å². The molecule has 0 saturated carbocycles. The van der Waals surface area contributed by atoms with Crippen molar-refractivity contribution in [2.24, 2.45) is 10.7 Å². The van der Waals surface area contributed by atoms with Gasteiger partial charge < -0.3 is 20.2 Å². The van der Waals surface area contributed by atoms with Crippen LogP contribution < -0.4 is 11.1 Å². The minimum absolute atomic E-state index is 0.173. The molecule has 0 atom stereocenters. The van der Waals surface area contributed by atoms with Crippen molar-refractivity contribution in [3.63, 3.8) is 0 Å². The monoisotopic (exact) mass is 327 g/mol. The fourth-order valence-corrected chi connectivity index (χ4v) is 2.77. The number of hydrogen-bond donors (Lipinski definition) is 2. The normalized spacial score (nSPS) is 13.6. The highest BCUT2D eigenvalue weighted by atomic mass is 16.5. The van der Waals surface area contributed by atoms with Gasteiger partial charge in [0.2, 0.25) is 5.76 Å². The SMILES string of the molecule is CCOC(=O)c1ccc(CN=C(N)Nc2ccc3c(c2)CCC3)o1. The van der Waals surface area contributed by atoms with Gasteiger partial charge in [0, 0.05) is 5.69 Å². The molecule has 0 aliphatic heterocycles. The lowest BCUT2D eigenvalue weighted by Crippen LogP contribution is -2.22. The fraction of sp³-hybridized carbons (Fsp3) is 0.333. The van der Waals surface area contributed by atoms with Crippen molar-refractivity contribution < 1.29 is 13.9 Å². The minimum Gasteiger partial charge on any atom is -0.460 e. The van der Waals surface area contributed by atoms with Gasteiger partial charge in [0.25, 0.3) is 0 Å². The highest BCUT2D eigenvalue weighted by Crippen LogP contribution is 2.24. The quantitative estimate of drug-likeness (QED) is 0.501. The molecule has 0 saturated heterocycles. The van der Waals surface area contributed by atoms with E-state index in [9.17, 15) is 4.79 Å². The molecule has 6 heteroatoms. The van der Waals surface area contributed by atoms with Crippen molar-refractivity contribution in [2.75, 3.05) is 11.9 Å². The molecule has 1 aromatic carbocycles. The fourth-order valence-electron chi connectivity index (χ4n) is 2.77. The predicted molar refractivity (Wildman–Crippen MR) is 92.1 cm³/mol. The molecule has 1 heterocycles. The molecule has 0 fully saturated rings. The number of ether oxygens (including phenoxy) is 1. The molecule has 126 valence electrons. The maximum absolute atomic E-state index is 11.5. The number of rotatable bonds is 5. The van der Waals surface area contributed by atoms with Crippen LogP contribution in [0.15, 0.2) is 39.7 Å². The molecule has 6 nitrogen and oxygen atoms in total. The second-order valence-electron chi connectivity index (χ2n) is 5.65. The third kappa shape index (κ3) is 3.76. The molecule has 2 aromatic rings. The lowest BCUT2D eigenvalue weighted by molar-refractivity contribution is 0.0488. The van der Waals surface area contributed by atoms with E-state index in [-0.39, 0.29) is 12.3 Å². The second kappa shape index (κ2) is 7.21. The molecule has 0 amide bonds. The van der Waals surface area contributed by atoms with Gasteiger partial charge in [-0.1, -0.05) is 6.07 Å². The van der Waals surface area contributed by atoms with Crippen molar-refractivity contribution in [2.45, 2.75) is 32.7 Å². The number of guanidine groups is 1. The van der Waals surface area contributed by atoms with Gasteiger partial charge in [-0.2, -0.15) is 0 Å². The largest absolute Gasteiger partial charge is 0.460 e. The number of furan rings is 1. The van der Waals surface area contributed by atoms with E-state index in [4.69, 9.17) is 14.9 Å². The van der Waals surface area contributed by atoms with Gasteiger partial charge in [-0.25, -0.2) is 9.79 Å². The number of esters is 1. The smallest absolute Gasteiger partial charge is 0.374 e. The number of nitrogens with zero attached hydrogens (tertiary/aromatic N) is 1. The zero-order valence-corrected chi connectivity index (χ0v) is 13.7. The Morgan fingerprint density at radius 2 is 2.12 bits per heavy atom. The Hall–Kier alpha value is -2.76. The van der Waals surface area contributed by atoms with Crippen LogP contribution in [0.3, 0.4) is 0 Å². The number of benzene rings is 1. The zero-order chi connectivity index (χ0) is 16.9. The molecule has 1 aliphatic carbocycles. The van der Waals surface area contributed by atoms with Crippen LogP contribution in [0.4, 0.5) is 5.69 Å². The van der Waals surface area contributed by atoms with Crippen LogP contribution in [0.5, 0.6) is 0 Å². The first-order chi connectivity index (χ1) is 11.7. The van der Waals surface area contributed by atoms with Gasteiger partial charge >= 0.3 is 5.97 Å². The van der Waals surface area contributed by atoms with Crippen molar-refractivity contribution in [1.29, 1.82) is 0 Å². The number of aliphatic imine (C=N–C) groups is 1. The maximum atomic E-state index is 11.5. The minimum atomic E-state index is -0.475. The van der Waals surface area contributed by atoms with Crippen molar-refractivity contribution in [3.8, 4) is 0 Å². The number of nitrogens with two attached hydrogens (primary N) is 1. The number of carbonyl (C=O) groups is 1. The molecule has 0 unspecified atom stereocenters. The molecular formula is C18H21N3O3. The highest BCUT2D eigenvalue weighted by molar-refractivity contribution is 5.92. The van der Waals surface area contributed by atoms with E-state index in [1.807, 2.05) is 6.07 Å². The summed E-state index contributed by atoms with van der Waals surface area (Å²) < 4.78 is 10.3. The Morgan fingerprint density at radius 1 is 1.29 bits per heavy atom. The number of aryl methyl sites for hydroxylation is 2. The summed E-state index contributed by atoms with van der Waals surface area (Å²) in [7, 11) is 0. The van der Waals surface area contributed by atoms with Gasteiger partial charge in [0.05, 0.1) is 6.61 Å². The predicted octanol–water partition coefficient (Wildman–Crippen LogP) is 2.87. The van der Waals surface area contributed by atoms with Gasteiger partial charge in [-0.15, -0.1) is 0 Å². The topological polar surface area (TPSA) is 89.8 Å². The summed E-state index contributed by atoms with van der Waals surface area (Å²) in [5.41, 5.74) is 9.64. The van der Waals surface area contributed by atoms with Crippen molar-refractivity contribution in [1.82, 2.24) is 0 Å². The molecular weight excluding hydrogens is 306 g/mol. The molecule has 24 heavy (non-hydrogen) atoms. The van der Waals surface area contributed by atoms with E-state index >= 15 is 0 Å². The third-order valence-corrected chi connectivity index (χ3v) is 3.91. The lowest BCUT2D eigenvalue weighted by atomic mass is 10.1. The summed E-state index contributed by atoms with van der Waals surface area (Å²) in [5, 5.41) is 3.09. The Balaban J connectivity index is 1.59. The van der Waals surface area contributed by atoms with Crippen molar-refractivity contribution in [3.05, 3.63) is 53.0 Å². The average molecular weight is 327 g/mol. The van der Waals surface area contributed by atoms with Crippen LogP contribution in [0.2, 0.25) is 0 Å². The zero-order valence-electron chi connectivity index (χ0n) is 13.7. The van der Waals surface area contributed by atoms with Crippen LogP contribution in [-0.2, 0) is 24.1 Å². The van der Waals surface area contributed by atoms with Crippen molar-refractivity contribution >= 4 is 17.6 Å². The highest BCUT2D eigenvalue weighted by Gasteiger charge is 2.12. The molecule has 0 radical (unpaired) electrons. The molecule has 3 rings (SSSR count). The standard InChI is InChI=1S/C18H21N3O3/c1-2-23-17(22)16-9-8-15(24-16)11-20-18(19)21-14-7-6-12-4-3-5-13(12)10-14/h6-10H,2-5,11H2,1H3,(H3,19,20,21). The Labute approximate surface area is 140 Å². The van der Waals surface area contributed by atoms with Gasteiger partial charge in [0.15, 0.2) is 5.96 Å². The summed E-state index contributed by atoms with van der Waals surface area (Å²) in [5.74, 6) is 0.558. The Bertz CT molecular complexity index is 765. The van der Waals surface area contributed by atoms with E-state index < -0.39 is 5.97 Å². The lowest BCUT2D eigenvalue weighted by Gasteiger charge is -2.07. The number of nitrogens with one attached hydrogen (secondary N) is 1. The number of carbonyl (C=O) groups excluding carboxylic acids is 1. The number of fused-ring (bicyclic) bond motifs is 1. The molecule has 3 N–H and O–H groups in total. The Morgan fingerprint density at radius 3 is 2.96 bits per heavy atom. The first-order valence-corrected chi connectivity index (χ1v) is 8.10. The van der Waals surface area contributed by atoms with Crippen LogP contribution in [0, 0.1) is 0 Å². The third-order valence-electron chi connectivity index (χ3n) is 3.91. The second-order valence-corrected chi connectivity index (χ2v) is 5.65. The van der Waals surface area contributed by atoms with Gasteiger partial charge in [-0.05, 0) is 61.6 Å². The molecule has 0 bridgehead atoms. The Kier molecular flexibility index (Phi) is 4.84. The van der Waals surface area contributed by atoms with Gasteiger partial charge in [-0.3, -0.25) is 0 Å². The molecule has 1 aromatic heterocycles. The number of anilines is 1. The van der Waals surface area contributed by atoms with E-state index in [0.29, 0.717) is 18.3 Å². The summed E-state index contributed by atoms with van der Waals surface area (Å²) in [6.07, 6.45) is 3.48. The maximum Gasteiger partial charge on any atom is 0.374 e. The summed E-state index contributed by atoms with van der Waals surface area (Å²) in [6.45, 7) is 2.31. The molecule has 1 aliphatic rings. The average Bonchev–Trinajstić information content (AvgIpc) is 3.22. The first kappa shape index (κ1) is 16.1. The van der Waals surface area contributed by atoms with E-state index in [2.05, 4.69) is 22.4 Å². The van der Waals surface area contributed by atoms with E-state index in [0.717, 1.165) is 18.5 Å². The van der Waals surface area contributed by atoms with Crippen LogP contribution in [-0.4, -0.2) is 18.5 Å². The summed E-state index contributed by atoms with van der Waals surface area (Å²) in [6, 6.07) is 9.54. The molecule has 0 spiro atoms. The van der Waals surface area contributed by atoms with E-state index in [1.54, 1.807) is 19.1 Å². The van der Waals surface area contributed by atoms with Crippen LogP contribution >= 0.6 is 0 Å². The number of hydrogen-bond acceptors (Lipinski definition) is 4. The summed E-state index contributed by atoms with van der Waals surface area (Å²) in [4.78, 5) is 15.8. The van der Waals surface area contributed by atoms with E-state index in [1.165, 1.54) is 17.5 Å².